The van der Waals surface area contributed by atoms with Crippen LogP contribution in [0.4, 0.5) is 0 Å². The van der Waals surface area contributed by atoms with Crippen molar-refractivity contribution in [1.29, 1.82) is 0 Å². The first-order valence-electron chi connectivity index (χ1n) is 8.31. The molecular weight excluding hydrogens is 391 g/mol. The second-order valence-electron chi connectivity index (χ2n) is 8.38. The van der Waals surface area contributed by atoms with E-state index in [0.717, 1.165) is 16.7 Å². The Balaban J connectivity index is 0.00000338. The Hall–Kier alpha value is -1.00. The van der Waals surface area contributed by atoms with Gasteiger partial charge in [0, 0.05) is 35.0 Å². The number of hydrogen-bond donors (Lipinski definition) is 2. The van der Waals surface area contributed by atoms with Crippen LogP contribution >= 0.6 is 35.6 Å². The lowest BCUT2D eigenvalue weighted by Crippen LogP contribution is -2.35. The SMILES string of the molecule is CC(C)(C)NCc1cc(C(C)(C)C)cc(-c2cnc(Cl)c(Cl)c2)c1O.Cl. The van der Waals surface area contributed by atoms with Gasteiger partial charge in [-0.3, -0.25) is 0 Å². The minimum Gasteiger partial charge on any atom is -0.507 e. The number of rotatable bonds is 3. The summed E-state index contributed by atoms with van der Waals surface area (Å²) in [5.41, 5.74) is 3.35. The number of benzene rings is 1. The van der Waals surface area contributed by atoms with E-state index in [4.69, 9.17) is 23.2 Å². The van der Waals surface area contributed by atoms with Gasteiger partial charge in [0.1, 0.15) is 10.9 Å². The monoisotopic (exact) mass is 416 g/mol. The molecule has 0 aliphatic carbocycles. The molecule has 26 heavy (non-hydrogen) atoms. The molecule has 0 aliphatic heterocycles. The minimum absolute atomic E-state index is 0. The average Bonchev–Trinajstić information content (AvgIpc) is 2.47. The molecule has 2 N–H and O–H groups in total. The zero-order valence-corrected chi connectivity index (χ0v) is 18.4. The van der Waals surface area contributed by atoms with Crippen molar-refractivity contribution in [3.8, 4) is 16.9 Å². The van der Waals surface area contributed by atoms with Crippen LogP contribution in [0.15, 0.2) is 24.4 Å². The standard InChI is InChI=1S/C20H26Cl2N2O.ClH/c1-19(2,3)14-7-13(11-24-20(4,5)6)17(25)15(9-14)12-8-16(21)18(22)23-10-12;/h7-10,24-25H,11H2,1-6H3;1H. The normalized spacial score (nSPS) is 12.0. The van der Waals surface area contributed by atoms with Crippen LogP contribution in [0.3, 0.4) is 0 Å². The molecule has 0 unspecified atom stereocenters. The van der Waals surface area contributed by atoms with Crippen LogP contribution in [0.2, 0.25) is 10.2 Å². The third-order valence-electron chi connectivity index (χ3n) is 3.97. The molecule has 144 valence electrons. The molecule has 6 heteroatoms. The maximum absolute atomic E-state index is 10.8. The molecule has 2 rings (SSSR count). The van der Waals surface area contributed by atoms with E-state index in [2.05, 4.69) is 57.9 Å². The van der Waals surface area contributed by atoms with Gasteiger partial charge in [-0.05, 0) is 43.9 Å². The molecule has 1 aromatic carbocycles. The molecule has 2 aromatic rings. The minimum atomic E-state index is -0.0530. The zero-order valence-electron chi connectivity index (χ0n) is 16.1. The van der Waals surface area contributed by atoms with Gasteiger partial charge in [-0.25, -0.2) is 4.98 Å². The fourth-order valence-corrected chi connectivity index (χ4v) is 2.68. The summed E-state index contributed by atoms with van der Waals surface area (Å²) in [5.74, 6) is 0.241. The largest absolute Gasteiger partial charge is 0.507 e. The van der Waals surface area contributed by atoms with Crippen molar-refractivity contribution >= 4 is 35.6 Å². The second-order valence-corrected chi connectivity index (χ2v) is 9.15. The van der Waals surface area contributed by atoms with Crippen LogP contribution in [-0.4, -0.2) is 15.6 Å². The smallest absolute Gasteiger partial charge is 0.147 e. The first kappa shape index (κ1) is 23.0. The lowest BCUT2D eigenvalue weighted by molar-refractivity contribution is 0.411. The highest BCUT2D eigenvalue weighted by Crippen LogP contribution is 2.38. The number of aromatic hydroxyl groups is 1. The number of halogens is 3. The molecule has 0 radical (unpaired) electrons. The highest BCUT2D eigenvalue weighted by Gasteiger charge is 2.21. The number of hydrogen-bond acceptors (Lipinski definition) is 3. The summed E-state index contributed by atoms with van der Waals surface area (Å²) in [5, 5.41) is 14.9. The van der Waals surface area contributed by atoms with Crippen molar-refractivity contribution in [2.45, 2.75) is 59.0 Å². The number of aromatic nitrogens is 1. The quantitative estimate of drug-likeness (QED) is 0.570. The molecule has 0 spiro atoms. The number of nitrogens with one attached hydrogen (secondary N) is 1. The van der Waals surface area contributed by atoms with Crippen molar-refractivity contribution in [2.24, 2.45) is 0 Å². The second kappa shape index (κ2) is 8.35. The maximum atomic E-state index is 10.8. The lowest BCUT2D eigenvalue weighted by atomic mass is 9.83. The number of pyridine rings is 1. The number of nitrogens with zero attached hydrogens (tertiary/aromatic N) is 1. The molecule has 0 saturated carbocycles. The van der Waals surface area contributed by atoms with Crippen LogP contribution in [0.25, 0.3) is 11.1 Å². The summed E-state index contributed by atoms with van der Waals surface area (Å²) in [7, 11) is 0. The number of phenols is 1. The Morgan fingerprint density at radius 2 is 1.65 bits per heavy atom. The van der Waals surface area contributed by atoms with Gasteiger partial charge in [0.2, 0.25) is 0 Å². The summed E-state index contributed by atoms with van der Waals surface area (Å²) in [4.78, 5) is 4.11. The summed E-state index contributed by atoms with van der Waals surface area (Å²) in [6.07, 6.45) is 1.64. The van der Waals surface area contributed by atoms with Gasteiger partial charge in [-0.15, -0.1) is 12.4 Å². The fraction of sp³-hybridized carbons (Fsp3) is 0.450. The Morgan fingerprint density at radius 3 is 2.15 bits per heavy atom. The van der Waals surface area contributed by atoms with Crippen LogP contribution in [0.5, 0.6) is 5.75 Å². The third kappa shape index (κ3) is 5.75. The molecule has 1 aromatic heterocycles. The van der Waals surface area contributed by atoms with Crippen molar-refractivity contribution in [3.63, 3.8) is 0 Å². The Bertz CT molecular complexity index is 778. The summed E-state index contributed by atoms with van der Waals surface area (Å²) >= 11 is 12.0. The van der Waals surface area contributed by atoms with Gasteiger partial charge in [0.15, 0.2) is 0 Å². The van der Waals surface area contributed by atoms with E-state index in [1.54, 1.807) is 12.3 Å². The topological polar surface area (TPSA) is 45.2 Å². The summed E-state index contributed by atoms with van der Waals surface area (Å²) in [6.45, 7) is 13.3. The molecule has 0 bridgehead atoms. The molecular formula is C20H27Cl3N2O. The predicted octanol–water partition coefficient (Wildman–Crippen LogP) is 6.37. The maximum Gasteiger partial charge on any atom is 0.147 e. The van der Waals surface area contributed by atoms with Crippen LogP contribution in [0, 0.1) is 0 Å². The van der Waals surface area contributed by atoms with Gasteiger partial charge in [0.05, 0.1) is 5.02 Å². The fourth-order valence-electron chi connectivity index (χ4n) is 2.41. The lowest BCUT2D eigenvalue weighted by Gasteiger charge is -2.25. The van der Waals surface area contributed by atoms with Gasteiger partial charge >= 0.3 is 0 Å². The molecule has 0 fully saturated rings. The van der Waals surface area contributed by atoms with E-state index in [1.165, 1.54) is 0 Å². The summed E-state index contributed by atoms with van der Waals surface area (Å²) < 4.78 is 0. The molecule has 0 amide bonds. The van der Waals surface area contributed by atoms with Crippen molar-refractivity contribution < 1.29 is 5.11 Å². The highest BCUT2D eigenvalue weighted by atomic mass is 35.5. The van der Waals surface area contributed by atoms with Crippen molar-refractivity contribution in [2.75, 3.05) is 0 Å². The first-order valence-corrected chi connectivity index (χ1v) is 9.07. The molecule has 3 nitrogen and oxygen atoms in total. The van der Waals surface area contributed by atoms with Gasteiger partial charge < -0.3 is 10.4 Å². The van der Waals surface area contributed by atoms with Gasteiger partial charge in [0.25, 0.3) is 0 Å². The van der Waals surface area contributed by atoms with E-state index >= 15 is 0 Å². The van der Waals surface area contributed by atoms with Crippen LogP contribution in [-0.2, 0) is 12.0 Å². The molecule has 1 heterocycles. The van der Waals surface area contributed by atoms with Gasteiger partial charge in [-0.1, -0.05) is 50.0 Å². The van der Waals surface area contributed by atoms with Crippen LogP contribution in [0.1, 0.15) is 52.7 Å². The van der Waals surface area contributed by atoms with Crippen LogP contribution < -0.4 is 5.32 Å². The van der Waals surface area contributed by atoms with Crippen molar-refractivity contribution in [3.05, 3.63) is 45.7 Å². The highest BCUT2D eigenvalue weighted by molar-refractivity contribution is 6.41. The van der Waals surface area contributed by atoms with E-state index < -0.39 is 0 Å². The first-order chi connectivity index (χ1) is 11.4. The Kier molecular flexibility index (Phi) is 7.40. The number of phenolic OH excluding ortho intramolecular Hbond substituents is 1. The average molecular weight is 418 g/mol. The van der Waals surface area contributed by atoms with E-state index in [0.29, 0.717) is 17.1 Å². The van der Waals surface area contributed by atoms with E-state index in [9.17, 15) is 5.11 Å². The molecule has 0 saturated heterocycles. The van der Waals surface area contributed by atoms with Gasteiger partial charge in [-0.2, -0.15) is 0 Å². The zero-order chi connectivity index (χ0) is 19.0. The van der Waals surface area contributed by atoms with Crippen molar-refractivity contribution in [1.82, 2.24) is 10.3 Å². The third-order valence-corrected chi connectivity index (χ3v) is 4.66. The van der Waals surface area contributed by atoms with E-state index in [-0.39, 0.29) is 34.3 Å². The summed E-state index contributed by atoms with van der Waals surface area (Å²) in [6, 6.07) is 5.79. The Morgan fingerprint density at radius 1 is 1.04 bits per heavy atom. The molecule has 0 atom stereocenters. The molecule has 0 aliphatic rings. The predicted molar refractivity (Wildman–Crippen MR) is 114 cm³/mol. The Labute approximate surface area is 172 Å². The van der Waals surface area contributed by atoms with E-state index in [1.807, 2.05) is 6.07 Å².